The highest BCUT2D eigenvalue weighted by Gasteiger charge is 2.01. The lowest BCUT2D eigenvalue weighted by Gasteiger charge is -2.10. The van der Waals surface area contributed by atoms with Gasteiger partial charge in [-0.1, -0.05) is 20.8 Å². The molecule has 1 aromatic rings. The van der Waals surface area contributed by atoms with Gasteiger partial charge in [-0.05, 0) is 18.8 Å². The van der Waals surface area contributed by atoms with E-state index in [1.54, 1.807) is 0 Å². The molecule has 0 saturated heterocycles. The Morgan fingerprint density at radius 1 is 1.15 bits per heavy atom. The van der Waals surface area contributed by atoms with Crippen LogP contribution in [0.1, 0.15) is 33.6 Å². The van der Waals surface area contributed by atoms with Crippen molar-refractivity contribution in [3.8, 4) is 0 Å². The predicted octanol–water partition coefficient (Wildman–Crippen LogP) is 2.36. The number of aromatic nitrogens is 2. The first kappa shape index (κ1) is 16.5. The van der Waals surface area contributed by atoms with Crippen LogP contribution >= 0.6 is 0 Å². The van der Waals surface area contributed by atoms with Crippen LogP contribution in [0.2, 0.25) is 0 Å². The third-order valence-corrected chi connectivity index (χ3v) is 2.69. The summed E-state index contributed by atoms with van der Waals surface area (Å²) in [5.74, 6) is 2.43. The van der Waals surface area contributed by atoms with E-state index in [-0.39, 0.29) is 5.95 Å². The Morgan fingerprint density at radius 2 is 1.80 bits per heavy atom. The van der Waals surface area contributed by atoms with Gasteiger partial charge >= 0.3 is 0 Å². The lowest BCUT2D eigenvalue weighted by Crippen LogP contribution is -2.13. The van der Waals surface area contributed by atoms with Gasteiger partial charge < -0.3 is 21.1 Å². The highest BCUT2D eigenvalue weighted by Crippen LogP contribution is 2.12. The van der Waals surface area contributed by atoms with Gasteiger partial charge in [0, 0.05) is 25.8 Å². The second kappa shape index (κ2) is 9.36. The Labute approximate surface area is 121 Å². The van der Waals surface area contributed by atoms with Gasteiger partial charge in [-0.3, -0.25) is 0 Å². The summed E-state index contributed by atoms with van der Waals surface area (Å²) < 4.78 is 5.54. The molecule has 114 valence electrons. The largest absolute Gasteiger partial charge is 0.380 e. The Morgan fingerprint density at radius 3 is 2.40 bits per heavy atom. The molecule has 0 aromatic carbocycles. The average Bonchev–Trinajstić information content (AvgIpc) is 2.39. The molecule has 1 rings (SSSR count). The lowest BCUT2D eigenvalue weighted by atomic mass is 10.1. The maximum Gasteiger partial charge on any atom is 0.223 e. The molecule has 6 nitrogen and oxygen atoms in total. The summed E-state index contributed by atoms with van der Waals surface area (Å²) in [5.41, 5.74) is 5.68. The van der Waals surface area contributed by atoms with E-state index in [0.717, 1.165) is 37.6 Å². The van der Waals surface area contributed by atoms with Crippen LogP contribution in [0.3, 0.4) is 0 Å². The number of nitrogens with zero attached hydrogens (tertiary/aromatic N) is 2. The molecule has 1 aromatic heterocycles. The van der Waals surface area contributed by atoms with Gasteiger partial charge in [0.1, 0.15) is 11.6 Å². The minimum Gasteiger partial charge on any atom is -0.380 e. The maximum atomic E-state index is 5.68. The molecule has 1 heterocycles. The summed E-state index contributed by atoms with van der Waals surface area (Å²) in [6, 6.07) is 1.86. The first-order chi connectivity index (χ1) is 9.61. The zero-order valence-corrected chi connectivity index (χ0v) is 12.8. The van der Waals surface area contributed by atoms with Crippen molar-refractivity contribution in [3.05, 3.63) is 6.07 Å². The highest BCUT2D eigenvalue weighted by molar-refractivity contribution is 5.50. The van der Waals surface area contributed by atoms with Crippen LogP contribution in [-0.4, -0.2) is 36.3 Å². The molecule has 0 radical (unpaired) electrons. The molecule has 0 atom stereocenters. The molecule has 0 spiro atoms. The standard InChI is InChI=1S/C14H27N5O/c1-4-6-16-12-10-13(19-14(15)18-12)17-7-9-20-8-5-11(2)3/h10-11H,4-9H2,1-3H3,(H4,15,16,17,18,19). The third kappa shape index (κ3) is 7.13. The van der Waals surface area contributed by atoms with E-state index in [1.165, 1.54) is 0 Å². The van der Waals surface area contributed by atoms with Crippen molar-refractivity contribution in [2.24, 2.45) is 5.92 Å². The quantitative estimate of drug-likeness (QED) is 0.571. The van der Waals surface area contributed by atoms with E-state index in [1.807, 2.05) is 6.07 Å². The smallest absolute Gasteiger partial charge is 0.223 e. The molecule has 0 amide bonds. The number of hydrogen-bond acceptors (Lipinski definition) is 6. The normalized spacial score (nSPS) is 10.8. The van der Waals surface area contributed by atoms with Crippen molar-refractivity contribution >= 4 is 17.6 Å². The number of anilines is 3. The van der Waals surface area contributed by atoms with E-state index in [2.05, 4.69) is 41.4 Å². The van der Waals surface area contributed by atoms with Crippen molar-refractivity contribution < 1.29 is 4.74 Å². The average molecular weight is 281 g/mol. The SMILES string of the molecule is CCCNc1cc(NCCOCCC(C)C)nc(N)n1. The molecular weight excluding hydrogens is 254 g/mol. The molecule has 0 aliphatic rings. The summed E-state index contributed by atoms with van der Waals surface area (Å²) in [7, 11) is 0. The molecule has 0 bridgehead atoms. The number of nitrogens with two attached hydrogens (primary N) is 1. The third-order valence-electron chi connectivity index (χ3n) is 2.69. The first-order valence-corrected chi connectivity index (χ1v) is 7.31. The molecular formula is C14H27N5O. The number of nitrogens with one attached hydrogen (secondary N) is 2. The van der Waals surface area contributed by atoms with Gasteiger partial charge in [-0.15, -0.1) is 0 Å². The van der Waals surface area contributed by atoms with Crippen LogP contribution in [0, 0.1) is 5.92 Å². The monoisotopic (exact) mass is 281 g/mol. The zero-order valence-electron chi connectivity index (χ0n) is 12.8. The van der Waals surface area contributed by atoms with Crippen molar-refractivity contribution in [1.29, 1.82) is 0 Å². The Balaban J connectivity index is 2.30. The van der Waals surface area contributed by atoms with Gasteiger partial charge in [0.05, 0.1) is 6.61 Å². The Bertz CT molecular complexity index is 384. The fraction of sp³-hybridized carbons (Fsp3) is 0.714. The number of hydrogen-bond donors (Lipinski definition) is 3. The van der Waals surface area contributed by atoms with Crippen molar-refractivity contribution in [3.63, 3.8) is 0 Å². The summed E-state index contributed by atoms with van der Waals surface area (Å²) in [5, 5.41) is 6.39. The fourth-order valence-electron chi connectivity index (χ4n) is 1.57. The van der Waals surface area contributed by atoms with Crippen molar-refractivity contribution in [2.75, 3.05) is 42.7 Å². The maximum absolute atomic E-state index is 5.68. The van der Waals surface area contributed by atoms with Gasteiger partial charge in [0.25, 0.3) is 0 Å². The minimum absolute atomic E-state index is 0.273. The molecule has 0 aliphatic carbocycles. The van der Waals surface area contributed by atoms with Gasteiger partial charge in [-0.25, -0.2) is 0 Å². The topological polar surface area (TPSA) is 85.1 Å². The lowest BCUT2D eigenvalue weighted by molar-refractivity contribution is 0.132. The van der Waals surface area contributed by atoms with Crippen LogP contribution in [0.5, 0.6) is 0 Å². The van der Waals surface area contributed by atoms with E-state index < -0.39 is 0 Å². The molecule has 6 heteroatoms. The van der Waals surface area contributed by atoms with Crippen molar-refractivity contribution in [1.82, 2.24) is 9.97 Å². The van der Waals surface area contributed by atoms with Crippen LogP contribution in [-0.2, 0) is 4.74 Å². The number of rotatable bonds is 10. The molecule has 20 heavy (non-hydrogen) atoms. The summed E-state index contributed by atoms with van der Waals surface area (Å²) >= 11 is 0. The summed E-state index contributed by atoms with van der Waals surface area (Å²) in [4.78, 5) is 8.28. The second-order valence-electron chi connectivity index (χ2n) is 5.15. The van der Waals surface area contributed by atoms with Crippen molar-refractivity contribution in [2.45, 2.75) is 33.6 Å². The molecule has 0 saturated carbocycles. The predicted molar refractivity (Wildman–Crippen MR) is 84.0 cm³/mol. The highest BCUT2D eigenvalue weighted by atomic mass is 16.5. The minimum atomic E-state index is 0.273. The van der Waals surface area contributed by atoms with Crippen LogP contribution in [0.25, 0.3) is 0 Å². The first-order valence-electron chi connectivity index (χ1n) is 7.31. The molecule has 0 unspecified atom stereocenters. The van der Waals surface area contributed by atoms with Crippen LogP contribution < -0.4 is 16.4 Å². The van der Waals surface area contributed by atoms with Crippen LogP contribution in [0.4, 0.5) is 17.6 Å². The molecule has 0 aliphatic heterocycles. The Kier molecular flexibility index (Phi) is 7.72. The van der Waals surface area contributed by atoms with E-state index >= 15 is 0 Å². The number of ether oxygens (including phenoxy) is 1. The number of nitrogen functional groups attached to an aromatic ring is 1. The summed E-state index contributed by atoms with van der Waals surface area (Å²) in [6.07, 6.45) is 2.13. The summed E-state index contributed by atoms with van der Waals surface area (Å²) in [6.45, 7) is 9.52. The Hall–Kier alpha value is -1.56. The van der Waals surface area contributed by atoms with Gasteiger partial charge in [0.15, 0.2) is 0 Å². The van der Waals surface area contributed by atoms with Crippen LogP contribution in [0.15, 0.2) is 6.07 Å². The van der Waals surface area contributed by atoms with E-state index in [4.69, 9.17) is 10.5 Å². The fourth-order valence-corrected chi connectivity index (χ4v) is 1.57. The van der Waals surface area contributed by atoms with Gasteiger partial charge in [0.2, 0.25) is 5.95 Å². The van der Waals surface area contributed by atoms with E-state index in [0.29, 0.717) is 19.1 Å². The second-order valence-corrected chi connectivity index (χ2v) is 5.15. The zero-order chi connectivity index (χ0) is 14.8. The molecule has 4 N–H and O–H groups in total. The van der Waals surface area contributed by atoms with Gasteiger partial charge in [-0.2, -0.15) is 9.97 Å². The van der Waals surface area contributed by atoms with E-state index in [9.17, 15) is 0 Å². The molecule has 0 fully saturated rings.